The van der Waals surface area contributed by atoms with Gasteiger partial charge in [-0.25, -0.2) is 0 Å². The SMILES string of the molecule is CCC(C)C[C@H](C)C(C)CCC(N)CC. The van der Waals surface area contributed by atoms with Gasteiger partial charge in [0.1, 0.15) is 0 Å². The van der Waals surface area contributed by atoms with Crippen molar-refractivity contribution in [1.82, 2.24) is 0 Å². The minimum Gasteiger partial charge on any atom is -0.328 e. The van der Waals surface area contributed by atoms with Crippen molar-refractivity contribution < 1.29 is 0 Å². The minimum absolute atomic E-state index is 0.420. The van der Waals surface area contributed by atoms with Gasteiger partial charge in [0, 0.05) is 6.04 Å². The van der Waals surface area contributed by atoms with Crippen molar-refractivity contribution in [2.24, 2.45) is 23.5 Å². The van der Waals surface area contributed by atoms with Crippen molar-refractivity contribution in [3.63, 3.8) is 0 Å². The molecule has 0 rings (SSSR count). The van der Waals surface area contributed by atoms with Crippen LogP contribution in [0.4, 0.5) is 0 Å². The minimum atomic E-state index is 0.420. The van der Waals surface area contributed by atoms with Gasteiger partial charge in [0.25, 0.3) is 0 Å². The Balaban J connectivity index is 3.73. The van der Waals surface area contributed by atoms with E-state index in [1.807, 2.05) is 0 Å². The van der Waals surface area contributed by atoms with Crippen LogP contribution in [0, 0.1) is 17.8 Å². The average molecular weight is 213 g/mol. The van der Waals surface area contributed by atoms with Crippen molar-refractivity contribution in [2.75, 3.05) is 0 Å². The molecule has 0 saturated heterocycles. The fraction of sp³-hybridized carbons (Fsp3) is 1.00. The predicted molar refractivity (Wildman–Crippen MR) is 69.9 cm³/mol. The third kappa shape index (κ3) is 6.94. The summed E-state index contributed by atoms with van der Waals surface area (Å²) >= 11 is 0. The van der Waals surface area contributed by atoms with Gasteiger partial charge in [-0.3, -0.25) is 0 Å². The molecule has 0 fully saturated rings. The van der Waals surface area contributed by atoms with Crippen LogP contribution < -0.4 is 5.73 Å². The maximum atomic E-state index is 5.95. The zero-order chi connectivity index (χ0) is 11.8. The second-order valence-corrected chi connectivity index (χ2v) is 5.45. The van der Waals surface area contributed by atoms with Crippen molar-refractivity contribution in [3.05, 3.63) is 0 Å². The molecule has 15 heavy (non-hydrogen) atoms. The Morgan fingerprint density at radius 2 is 1.47 bits per heavy atom. The fourth-order valence-corrected chi connectivity index (χ4v) is 2.00. The highest BCUT2D eigenvalue weighted by Crippen LogP contribution is 2.25. The molecule has 0 aliphatic carbocycles. The van der Waals surface area contributed by atoms with Gasteiger partial charge >= 0.3 is 0 Å². The molecular formula is C14H31N. The van der Waals surface area contributed by atoms with Gasteiger partial charge in [0.15, 0.2) is 0 Å². The molecule has 0 radical (unpaired) electrons. The van der Waals surface area contributed by atoms with E-state index >= 15 is 0 Å². The molecule has 2 N–H and O–H groups in total. The summed E-state index contributed by atoms with van der Waals surface area (Å²) < 4.78 is 0. The zero-order valence-electron chi connectivity index (χ0n) is 11.4. The van der Waals surface area contributed by atoms with Gasteiger partial charge in [0.05, 0.1) is 0 Å². The van der Waals surface area contributed by atoms with Crippen LogP contribution in [0.3, 0.4) is 0 Å². The topological polar surface area (TPSA) is 26.0 Å². The summed E-state index contributed by atoms with van der Waals surface area (Å²) in [6.07, 6.45) is 6.30. The molecule has 0 amide bonds. The normalized spacial score (nSPS) is 19.6. The van der Waals surface area contributed by atoms with E-state index in [4.69, 9.17) is 5.73 Å². The lowest BCUT2D eigenvalue weighted by Crippen LogP contribution is -2.21. The average Bonchev–Trinajstić information content (AvgIpc) is 2.24. The molecule has 3 unspecified atom stereocenters. The predicted octanol–water partition coefficient (Wildman–Crippen LogP) is 4.21. The first-order valence-corrected chi connectivity index (χ1v) is 6.76. The molecule has 1 nitrogen and oxygen atoms in total. The maximum absolute atomic E-state index is 5.95. The Kier molecular flexibility index (Phi) is 8.13. The molecule has 0 aromatic rings. The second kappa shape index (κ2) is 8.15. The van der Waals surface area contributed by atoms with E-state index < -0.39 is 0 Å². The summed E-state index contributed by atoms with van der Waals surface area (Å²) in [5.41, 5.74) is 5.95. The van der Waals surface area contributed by atoms with Crippen LogP contribution in [0.5, 0.6) is 0 Å². The molecule has 0 aromatic carbocycles. The summed E-state index contributed by atoms with van der Waals surface area (Å²) in [5.74, 6) is 2.56. The maximum Gasteiger partial charge on any atom is 0.00363 e. The lowest BCUT2D eigenvalue weighted by Gasteiger charge is -2.23. The Bertz CT molecular complexity index is 144. The van der Waals surface area contributed by atoms with Crippen LogP contribution in [0.25, 0.3) is 0 Å². The van der Waals surface area contributed by atoms with E-state index in [1.54, 1.807) is 0 Å². The number of rotatable bonds is 8. The van der Waals surface area contributed by atoms with Crippen LogP contribution in [-0.4, -0.2) is 6.04 Å². The number of nitrogens with two attached hydrogens (primary N) is 1. The molecule has 0 aromatic heterocycles. The van der Waals surface area contributed by atoms with Gasteiger partial charge in [-0.15, -0.1) is 0 Å². The largest absolute Gasteiger partial charge is 0.328 e. The van der Waals surface area contributed by atoms with E-state index in [0.29, 0.717) is 6.04 Å². The number of hydrogen-bond donors (Lipinski definition) is 1. The summed E-state index contributed by atoms with van der Waals surface area (Å²) in [6.45, 7) is 11.6. The first kappa shape index (κ1) is 15.0. The van der Waals surface area contributed by atoms with E-state index in [1.165, 1.54) is 25.7 Å². The Morgan fingerprint density at radius 1 is 0.867 bits per heavy atom. The van der Waals surface area contributed by atoms with Crippen molar-refractivity contribution in [3.8, 4) is 0 Å². The highest BCUT2D eigenvalue weighted by molar-refractivity contribution is 4.68. The van der Waals surface area contributed by atoms with Gasteiger partial charge in [-0.1, -0.05) is 41.0 Å². The molecule has 1 heteroatoms. The summed E-state index contributed by atoms with van der Waals surface area (Å²) in [7, 11) is 0. The Labute approximate surface area is 96.8 Å². The molecule has 0 spiro atoms. The summed E-state index contributed by atoms with van der Waals surface area (Å²) in [4.78, 5) is 0. The standard InChI is InChI=1S/C14H31N/c1-6-11(3)10-13(5)12(4)8-9-14(15)7-2/h11-14H,6-10,15H2,1-5H3/t11?,12?,13-,14?/m0/s1. The first-order valence-electron chi connectivity index (χ1n) is 6.76. The zero-order valence-corrected chi connectivity index (χ0v) is 11.4. The molecule has 0 bridgehead atoms. The van der Waals surface area contributed by atoms with E-state index in [0.717, 1.165) is 24.2 Å². The van der Waals surface area contributed by atoms with Gasteiger partial charge in [-0.05, 0) is 43.4 Å². The van der Waals surface area contributed by atoms with Crippen LogP contribution in [0.1, 0.15) is 66.7 Å². The van der Waals surface area contributed by atoms with Crippen LogP contribution in [-0.2, 0) is 0 Å². The molecule has 0 aliphatic rings. The molecule has 0 aliphatic heterocycles. The highest BCUT2D eigenvalue weighted by atomic mass is 14.6. The van der Waals surface area contributed by atoms with Gasteiger partial charge < -0.3 is 5.73 Å². The van der Waals surface area contributed by atoms with Crippen LogP contribution in [0.2, 0.25) is 0 Å². The van der Waals surface area contributed by atoms with Gasteiger partial charge in [0.2, 0.25) is 0 Å². The second-order valence-electron chi connectivity index (χ2n) is 5.45. The smallest absolute Gasteiger partial charge is 0.00363 e. The van der Waals surface area contributed by atoms with E-state index in [9.17, 15) is 0 Å². The lowest BCUT2D eigenvalue weighted by molar-refractivity contribution is 0.285. The first-order chi connectivity index (χ1) is 7.01. The molecule has 4 atom stereocenters. The molecule has 92 valence electrons. The summed E-state index contributed by atoms with van der Waals surface area (Å²) in [6, 6.07) is 0.420. The van der Waals surface area contributed by atoms with Crippen LogP contribution >= 0.6 is 0 Å². The third-order valence-electron chi connectivity index (χ3n) is 3.96. The number of hydrogen-bond acceptors (Lipinski definition) is 1. The summed E-state index contributed by atoms with van der Waals surface area (Å²) in [5, 5.41) is 0. The Hall–Kier alpha value is -0.0400. The Morgan fingerprint density at radius 3 is 1.93 bits per heavy atom. The molecular weight excluding hydrogens is 182 g/mol. The molecule has 0 saturated carbocycles. The monoisotopic (exact) mass is 213 g/mol. The van der Waals surface area contributed by atoms with E-state index in [2.05, 4.69) is 34.6 Å². The van der Waals surface area contributed by atoms with Crippen LogP contribution in [0.15, 0.2) is 0 Å². The van der Waals surface area contributed by atoms with Crippen molar-refractivity contribution in [1.29, 1.82) is 0 Å². The van der Waals surface area contributed by atoms with E-state index in [-0.39, 0.29) is 0 Å². The molecule has 0 heterocycles. The van der Waals surface area contributed by atoms with Crippen molar-refractivity contribution >= 4 is 0 Å². The fourth-order valence-electron chi connectivity index (χ4n) is 2.00. The lowest BCUT2D eigenvalue weighted by atomic mass is 9.83. The quantitative estimate of drug-likeness (QED) is 0.642. The third-order valence-corrected chi connectivity index (χ3v) is 3.96. The van der Waals surface area contributed by atoms with Gasteiger partial charge in [-0.2, -0.15) is 0 Å². The highest BCUT2D eigenvalue weighted by Gasteiger charge is 2.15. The van der Waals surface area contributed by atoms with Crippen molar-refractivity contribution in [2.45, 2.75) is 72.8 Å².